The molecule has 1 aromatic heterocycles. The summed E-state index contributed by atoms with van der Waals surface area (Å²) in [6, 6.07) is 6.32. The molecule has 0 N–H and O–H groups in total. The highest BCUT2D eigenvalue weighted by molar-refractivity contribution is 6.08. The summed E-state index contributed by atoms with van der Waals surface area (Å²) in [5, 5.41) is 1.06. The standard InChI is InChI=1S/C20H24N2O/c1-14-9-10-18-16(13-14)19(15-7-3-4-8-17(15)21-18)20(23)22-11-5-2-6-12-22/h9-10,13H,2-8,11-12H2,1H3. The maximum absolute atomic E-state index is 13.3. The Morgan fingerprint density at radius 3 is 2.65 bits per heavy atom. The normalized spacial score (nSPS) is 18.0. The van der Waals surface area contributed by atoms with Gasteiger partial charge in [0, 0.05) is 24.2 Å². The van der Waals surface area contributed by atoms with Gasteiger partial charge in [-0.05, 0) is 69.6 Å². The summed E-state index contributed by atoms with van der Waals surface area (Å²) in [6.07, 6.45) is 7.89. The fraction of sp³-hybridized carbons (Fsp3) is 0.500. The predicted molar refractivity (Wildman–Crippen MR) is 92.9 cm³/mol. The molecule has 2 aliphatic rings. The van der Waals surface area contributed by atoms with Gasteiger partial charge in [-0.1, -0.05) is 11.6 Å². The van der Waals surface area contributed by atoms with Crippen molar-refractivity contribution in [1.82, 2.24) is 9.88 Å². The van der Waals surface area contributed by atoms with Crippen LogP contribution in [0.2, 0.25) is 0 Å². The molecule has 0 spiro atoms. The fourth-order valence-corrected chi connectivity index (χ4v) is 4.04. The van der Waals surface area contributed by atoms with Crippen molar-refractivity contribution in [2.24, 2.45) is 0 Å². The van der Waals surface area contributed by atoms with Crippen LogP contribution in [0.3, 0.4) is 0 Å². The molecule has 120 valence electrons. The highest BCUT2D eigenvalue weighted by Crippen LogP contribution is 2.31. The number of rotatable bonds is 1. The highest BCUT2D eigenvalue weighted by atomic mass is 16.2. The summed E-state index contributed by atoms with van der Waals surface area (Å²) in [5.41, 5.74) is 5.52. The molecule has 1 aliphatic heterocycles. The molecule has 1 fully saturated rings. The van der Waals surface area contributed by atoms with Gasteiger partial charge in [-0.15, -0.1) is 0 Å². The summed E-state index contributed by atoms with van der Waals surface area (Å²) in [7, 11) is 0. The number of carbonyl (C=O) groups is 1. The Labute approximate surface area is 137 Å². The maximum Gasteiger partial charge on any atom is 0.254 e. The Bertz CT molecular complexity index is 760. The van der Waals surface area contributed by atoms with Gasteiger partial charge in [0.05, 0.1) is 11.1 Å². The third kappa shape index (κ3) is 2.62. The number of piperidine rings is 1. The number of hydrogen-bond donors (Lipinski definition) is 0. The van der Waals surface area contributed by atoms with Crippen LogP contribution in [0.25, 0.3) is 10.9 Å². The van der Waals surface area contributed by atoms with E-state index in [2.05, 4.69) is 30.0 Å². The summed E-state index contributed by atoms with van der Waals surface area (Å²) < 4.78 is 0. The minimum Gasteiger partial charge on any atom is -0.339 e. The molecule has 1 saturated heterocycles. The smallest absolute Gasteiger partial charge is 0.254 e. The maximum atomic E-state index is 13.3. The highest BCUT2D eigenvalue weighted by Gasteiger charge is 2.26. The molecule has 23 heavy (non-hydrogen) atoms. The molecule has 0 bridgehead atoms. The molecule has 2 aromatic rings. The molecule has 1 aliphatic carbocycles. The summed E-state index contributed by atoms with van der Waals surface area (Å²) in [5.74, 6) is 0.237. The summed E-state index contributed by atoms with van der Waals surface area (Å²) in [6.45, 7) is 3.90. The van der Waals surface area contributed by atoms with E-state index in [4.69, 9.17) is 4.98 Å². The van der Waals surface area contributed by atoms with Crippen LogP contribution < -0.4 is 0 Å². The zero-order valence-corrected chi connectivity index (χ0v) is 13.9. The van der Waals surface area contributed by atoms with Crippen LogP contribution >= 0.6 is 0 Å². The lowest BCUT2D eigenvalue weighted by atomic mass is 9.88. The van der Waals surface area contributed by atoms with Crippen molar-refractivity contribution in [3.05, 3.63) is 40.6 Å². The van der Waals surface area contributed by atoms with Crippen molar-refractivity contribution in [3.8, 4) is 0 Å². The average Bonchev–Trinajstić information content (AvgIpc) is 2.60. The van der Waals surface area contributed by atoms with E-state index in [0.29, 0.717) is 0 Å². The lowest BCUT2D eigenvalue weighted by molar-refractivity contribution is 0.0725. The van der Waals surface area contributed by atoms with Gasteiger partial charge >= 0.3 is 0 Å². The number of carbonyl (C=O) groups excluding carboxylic acids is 1. The second kappa shape index (κ2) is 5.95. The second-order valence-electron chi connectivity index (χ2n) is 6.99. The molecular formula is C20H24N2O. The van der Waals surface area contributed by atoms with Crippen LogP contribution in [0.1, 0.15) is 59.3 Å². The van der Waals surface area contributed by atoms with Crippen molar-refractivity contribution < 1.29 is 4.79 Å². The van der Waals surface area contributed by atoms with E-state index in [1.807, 2.05) is 0 Å². The molecule has 0 unspecified atom stereocenters. The van der Waals surface area contributed by atoms with Crippen LogP contribution in [0.15, 0.2) is 18.2 Å². The summed E-state index contributed by atoms with van der Waals surface area (Å²) in [4.78, 5) is 20.2. The minimum atomic E-state index is 0.237. The fourth-order valence-electron chi connectivity index (χ4n) is 4.04. The lowest BCUT2D eigenvalue weighted by Gasteiger charge is -2.29. The van der Waals surface area contributed by atoms with E-state index >= 15 is 0 Å². The number of benzene rings is 1. The first-order valence-electron chi connectivity index (χ1n) is 8.95. The third-order valence-corrected chi connectivity index (χ3v) is 5.27. The van der Waals surface area contributed by atoms with Gasteiger partial charge in [0.1, 0.15) is 0 Å². The van der Waals surface area contributed by atoms with Crippen LogP contribution in [0.4, 0.5) is 0 Å². The van der Waals surface area contributed by atoms with E-state index in [0.717, 1.165) is 60.9 Å². The molecule has 1 aromatic carbocycles. The van der Waals surface area contributed by atoms with Gasteiger partial charge in [0.15, 0.2) is 0 Å². The molecular weight excluding hydrogens is 284 g/mol. The van der Waals surface area contributed by atoms with Crippen molar-refractivity contribution in [2.45, 2.75) is 51.9 Å². The molecule has 4 rings (SSSR count). The first-order valence-corrected chi connectivity index (χ1v) is 8.95. The van der Waals surface area contributed by atoms with Gasteiger partial charge in [-0.25, -0.2) is 0 Å². The number of aryl methyl sites for hydroxylation is 2. The van der Waals surface area contributed by atoms with Crippen LogP contribution in [0, 0.1) is 6.92 Å². The number of pyridine rings is 1. The largest absolute Gasteiger partial charge is 0.339 e. The monoisotopic (exact) mass is 308 g/mol. The molecule has 3 nitrogen and oxygen atoms in total. The van der Waals surface area contributed by atoms with Crippen molar-refractivity contribution in [2.75, 3.05) is 13.1 Å². The van der Waals surface area contributed by atoms with E-state index in [-0.39, 0.29) is 5.91 Å². The van der Waals surface area contributed by atoms with Crippen LogP contribution in [-0.4, -0.2) is 28.9 Å². The van der Waals surface area contributed by atoms with E-state index in [1.165, 1.54) is 30.4 Å². The van der Waals surface area contributed by atoms with Gasteiger partial charge in [0.2, 0.25) is 0 Å². The molecule has 3 heteroatoms. The van der Waals surface area contributed by atoms with Crippen molar-refractivity contribution in [3.63, 3.8) is 0 Å². The molecule has 0 atom stereocenters. The van der Waals surface area contributed by atoms with E-state index in [9.17, 15) is 4.79 Å². The molecule has 1 amide bonds. The Morgan fingerprint density at radius 1 is 1.04 bits per heavy atom. The minimum absolute atomic E-state index is 0.237. The van der Waals surface area contributed by atoms with E-state index < -0.39 is 0 Å². The van der Waals surface area contributed by atoms with Crippen molar-refractivity contribution >= 4 is 16.8 Å². The zero-order valence-electron chi connectivity index (χ0n) is 13.9. The molecule has 2 heterocycles. The van der Waals surface area contributed by atoms with Gasteiger partial charge in [0.25, 0.3) is 5.91 Å². The van der Waals surface area contributed by atoms with E-state index in [1.54, 1.807) is 0 Å². The number of aromatic nitrogens is 1. The number of amides is 1. The number of nitrogens with zero attached hydrogens (tertiary/aromatic N) is 2. The second-order valence-corrected chi connectivity index (χ2v) is 6.99. The van der Waals surface area contributed by atoms with Crippen molar-refractivity contribution in [1.29, 1.82) is 0 Å². The predicted octanol–water partition coefficient (Wildman–Crippen LogP) is 4.05. The molecule has 0 saturated carbocycles. The van der Waals surface area contributed by atoms with Gasteiger partial charge in [-0.2, -0.15) is 0 Å². The van der Waals surface area contributed by atoms with Crippen LogP contribution in [-0.2, 0) is 12.8 Å². The lowest BCUT2D eigenvalue weighted by Crippen LogP contribution is -2.36. The Hall–Kier alpha value is -1.90. The third-order valence-electron chi connectivity index (χ3n) is 5.27. The first kappa shape index (κ1) is 14.7. The Kier molecular flexibility index (Phi) is 3.80. The average molecular weight is 308 g/mol. The topological polar surface area (TPSA) is 33.2 Å². The Balaban J connectivity index is 1.91. The number of likely N-dealkylation sites (tertiary alicyclic amines) is 1. The Morgan fingerprint density at radius 2 is 1.83 bits per heavy atom. The van der Waals surface area contributed by atoms with Crippen LogP contribution in [0.5, 0.6) is 0 Å². The quantitative estimate of drug-likeness (QED) is 0.796. The first-order chi connectivity index (χ1) is 11.2. The zero-order chi connectivity index (χ0) is 15.8. The number of hydrogen-bond acceptors (Lipinski definition) is 2. The van der Waals surface area contributed by atoms with Gasteiger partial charge in [-0.3, -0.25) is 9.78 Å². The van der Waals surface area contributed by atoms with Gasteiger partial charge < -0.3 is 4.90 Å². The summed E-state index contributed by atoms with van der Waals surface area (Å²) >= 11 is 0. The SMILES string of the molecule is Cc1ccc2nc3c(c(C(=O)N4CCCCC4)c2c1)CCCC3. The number of fused-ring (bicyclic) bond motifs is 2. The molecule has 0 radical (unpaired) electrons.